The van der Waals surface area contributed by atoms with E-state index in [1.807, 2.05) is 0 Å². The number of halogens is 2. The standard InChI is InChI=1S/C27H34BrClN2O5S/c1-3-13-30(18-11-9-17(29)10-12-18)25(34)23-27-16-19(28)22(37-27)20(26(35)36-4-2)21(27)24(33)31(23)14-7-5-6-8-15-32/h3,9-12,19-23,32H,1,4-8,13-16H2,2H3/t19?,20-,21-,22-,23?,27?/m0/s1. The van der Waals surface area contributed by atoms with Crippen LogP contribution in [0.4, 0.5) is 5.69 Å². The first kappa shape index (κ1) is 28.5. The molecule has 1 aromatic carbocycles. The summed E-state index contributed by atoms with van der Waals surface area (Å²) >= 11 is 11.5. The SMILES string of the molecule is C=CCN(C(=O)C1N(CCCCCCO)C(=O)[C@@H]2[C@H](C(=O)OCC)[C@H]3SC12CC3Br)c1ccc(Cl)cc1. The minimum absolute atomic E-state index is 0.000790. The molecule has 0 aliphatic carbocycles. The number of unbranched alkanes of at least 4 members (excludes halogenated alkanes) is 3. The van der Waals surface area contributed by atoms with E-state index in [0.717, 1.165) is 19.3 Å². The lowest BCUT2D eigenvalue weighted by Gasteiger charge is -2.37. The van der Waals surface area contributed by atoms with E-state index in [1.165, 1.54) is 0 Å². The molecule has 1 N–H and O–H groups in total. The fourth-order valence-electron chi connectivity index (χ4n) is 6.13. The van der Waals surface area contributed by atoms with E-state index in [9.17, 15) is 14.4 Å². The van der Waals surface area contributed by atoms with Gasteiger partial charge in [-0.3, -0.25) is 14.4 Å². The van der Waals surface area contributed by atoms with Crippen molar-refractivity contribution in [3.63, 3.8) is 0 Å². The van der Waals surface area contributed by atoms with Crippen LogP contribution in [0.3, 0.4) is 0 Å². The van der Waals surface area contributed by atoms with Crippen LogP contribution >= 0.6 is 39.3 Å². The van der Waals surface area contributed by atoms with Crippen molar-refractivity contribution < 1.29 is 24.2 Å². The number of alkyl halides is 1. The number of ether oxygens (including phenoxy) is 1. The zero-order valence-corrected chi connectivity index (χ0v) is 24.1. The van der Waals surface area contributed by atoms with Crippen LogP contribution in [0.1, 0.15) is 39.0 Å². The van der Waals surface area contributed by atoms with Crippen molar-refractivity contribution in [2.24, 2.45) is 11.8 Å². The molecule has 4 rings (SSSR count). The molecule has 3 fully saturated rings. The number of fused-ring (bicyclic) bond motifs is 1. The fourth-order valence-corrected chi connectivity index (χ4v) is 9.85. The maximum atomic E-state index is 14.4. The minimum Gasteiger partial charge on any atom is -0.466 e. The molecule has 3 aliphatic rings. The number of carbonyl (C=O) groups excluding carboxylic acids is 3. The first-order valence-electron chi connectivity index (χ1n) is 12.9. The lowest BCUT2D eigenvalue weighted by Crippen LogP contribution is -2.55. The van der Waals surface area contributed by atoms with Gasteiger partial charge in [-0.25, -0.2) is 0 Å². The van der Waals surface area contributed by atoms with Gasteiger partial charge in [0.1, 0.15) is 6.04 Å². The van der Waals surface area contributed by atoms with Crippen molar-refractivity contribution in [2.75, 3.05) is 31.2 Å². The molecule has 7 nitrogen and oxygen atoms in total. The number of anilines is 1. The Morgan fingerprint density at radius 3 is 2.65 bits per heavy atom. The van der Waals surface area contributed by atoms with Crippen molar-refractivity contribution in [2.45, 2.75) is 59.9 Å². The molecule has 3 aliphatic heterocycles. The molecular weight excluding hydrogens is 580 g/mol. The van der Waals surface area contributed by atoms with E-state index in [1.54, 1.807) is 58.8 Å². The maximum absolute atomic E-state index is 14.4. The largest absolute Gasteiger partial charge is 0.466 e. The molecule has 0 saturated carbocycles. The summed E-state index contributed by atoms with van der Waals surface area (Å²) < 4.78 is 4.69. The highest BCUT2D eigenvalue weighted by Crippen LogP contribution is 2.68. The lowest BCUT2D eigenvalue weighted by atomic mass is 9.71. The number of amides is 2. The van der Waals surface area contributed by atoms with Crippen LogP contribution in [0.5, 0.6) is 0 Å². The predicted molar refractivity (Wildman–Crippen MR) is 150 cm³/mol. The molecule has 202 valence electrons. The van der Waals surface area contributed by atoms with Gasteiger partial charge in [-0.2, -0.15) is 0 Å². The Morgan fingerprint density at radius 1 is 1.30 bits per heavy atom. The maximum Gasteiger partial charge on any atom is 0.310 e. The topological polar surface area (TPSA) is 87.2 Å². The third-order valence-electron chi connectivity index (χ3n) is 7.60. The fraction of sp³-hybridized carbons (Fsp3) is 0.593. The summed E-state index contributed by atoms with van der Waals surface area (Å²) in [6, 6.07) is 6.35. The predicted octanol–water partition coefficient (Wildman–Crippen LogP) is 4.44. The summed E-state index contributed by atoms with van der Waals surface area (Å²) in [5, 5.41) is 9.56. The highest BCUT2D eigenvalue weighted by atomic mass is 79.9. The van der Waals surface area contributed by atoms with E-state index >= 15 is 0 Å². The number of aliphatic hydroxyl groups excluding tert-OH is 1. The zero-order valence-electron chi connectivity index (χ0n) is 21.0. The quantitative estimate of drug-likeness (QED) is 0.162. The van der Waals surface area contributed by atoms with Gasteiger partial charge in [0.05, 0.1) is 23.2 Å². The Bertz CT molecular complexity index is 1030. The van der Waals surface area contributed by atoms with E-state index in [-0.39, 0.29) is 47.6 Å². The third kappa shape index (κ3) is 5.21. The summed E-state index contributed by atoms with van der Waals surface area (Å²) in [6.07, 6.45) is 5.41. The van der Waals surface area contributed by atoms with E-state index in [4.69, 9.17) is 21.4 Å². The first-order valence-corrected chi connectivity index (χ1v) is 15.1. The molecule has 3 unspecified atom stereocenters. The van der Waals surface area contributed by atoms with Crippen LogP contribution in [0.25, 0.3) is 0 Å². The van der Waals surface area contributed by atoms with Gasteiger partial charge in [0.2, 0.25) is 5.91 Å². The highest BCUT2D eigenvalue weighted by molar-refractivity contribution is 9.09. The van der Waals surface area contributed by atoms with Crippen LogP contribution in [0, 0.1) is 11.8 Å². The number of thioether (sulfide) groups is 1. The number of nitrogens with zero attached hydrogens (tertiary/aromatic N) is 2. The van der Waals surface area contributed by atoms with Gasteiger partial charge in [0, 0.05) is 40.5 Å². The summed E-state index contributed by atoms with van der Waals surface area (Å²) in [5.41, 5.74) is 0.680. The van der Waals surface area contributed by atoms with Gasteiger partial charge in [-0.1, -0.05) is 46.4 Å². The molecule has 37 heavy (non-hydrogen) atoms. The number of rotatable bonds is 12. The van der Waals surface area contributed by atoms with Crippen molar-refractivity contribution in [1.82, 2.24) is 4.90 Å². The molecule has 0 aromatic heterocycles. The summed E-state index contributed by atoms with van der Waals surface area (Å²) in [4.78, 5) is 44.9. The summed E-state index contributed by atoms with van der Waals surface area (Å²) in [6.45, 7) is 6.70. The Balaban J connectivity index is 1.72. The highest BCUT2D eigenvalue weighted by Gasteiger charge is 2.76. The number of aliphatic hydroxyl groups is 1. The number of esters is 1. The molecule has 6 atom stereocenters. The van der Waals surface area contributed by atoms with Crippen LogP contribution in [-0.2, 0) is 19.1 Å². The summed E-state index contributed by atoms with van der Waals surface area (Å²) in [5.74, 6) is -1.86. The monoisotopic (exact) mass is 612 g/mol. The van der Waals surface area contributed by atoms with Crippen LogP contribution < -0.4 is 4.90 Å². The number of hydrogen-bond acceptors (Lipinski definition) is 6. The molecule has 3 saturated heterocycles. The summed E-state index contributed by atoms with van der Waals surface area (Å²) in [7, 11) is 0. The van der Waals surface area contributed by atoms with Crippen LogP contribution in [-0.4, -0.2) is 75.0 Å². The van der Waals surface area contributed by atoms with E-state index in [2.05, 4.69) is 22.5 Å². The number of likely N-dealkylation sites (tertiary alicyclic amines) is 1. The van der Waals surface area contributed by atoms with Crippen molar-refractivity contribution >= 4 is 62.8 Å². The molecule has 2 bridgehead atoms. The van der Waals surface area contributed by atoms with E-state index in [0.29, 0.717) is 30.1 Å². The zero-order chi connectivity index (χ0) is 26.7. The Kier molecular flexibility index (Phi) is 9.30. The van der Waals surface area contributed by atoms with Gasteiger partial charge in [-0.05, 0) is 50.5 Å². The molecule has 0 radical (unpaired) electrons. The first-order chi connectivity index (χ1) is 17.8. The second-order valence-corrected chi connectivity index (χ2v) is 13.0. The number of carbonyl (C=O) groups is 3. The van der Waals surface area contributed by atoms with Crippen LogP contribution in [0.15, 0.2) is 36.9 Å². The second-order valence-electron chi connectivity index (χ2n) is 9.80. The van der Waals surface area contributed by atoms with E-state index < -0.39 is 22.6 Å². The van der Waals surface area contributed by atoms with Crippen molar-refractivity contribution in [3.05, 3.63) is 41.9 Å². The normalized spacial score (nSPS) is 29.9. The molecule has 10 heteroatoms. The van der Waals surface area contributed by atoms with Gasteiger partial charge in [0.15, 0.2) is 0 Å². The van der Waals surface area contributed by atoms with Crippen molar-refractivity contribution in [3.8, 4) is 0 Å². The van der Waals surface area contributed by atoms with Crippen molar-refractivity contribution in [1.29, 1.82) is 0 Å². The minimum atomic E-state index is -0.721. The third-order valence-corrected chi connectivity index (χ3v) is 11.1. The van der Waals surface area contributed by atoms with Gasteiger partial charge < -0.3 is 19.6 Å². The Labute approximate surface area is 236 Å². The Morgan fingerprint density at radius 2 is 2.00 bits per heavy atom. The molecule has 1 spiro atoms. The van der Waals surface area contributed by atoms with Gasteiger partial charge in [0.25, 0.3) is 5.91 Å². The average molecular weight is 614 g/mol. The molecule has 1 aromatic rings. The molecular formula is C27H34BrClN2O5S. The lowest BCUT2D eigenvalue weighted by molar-refractivity contribution is -0.153. The second kappa shape index (κ2) is 12.1. The van der Waals surface area contributed by atoms with Gasteiger partial charge >= 0.3 is 5.97 Å². The average Bonchev–Trinajstić information content (AvgIpc) is 3.46. The number of benzene rings is 1. The van der Waals surface area contributed by atoms with Gasteiger partial charge in [-0.15, -0.1) is 18.3 Å². The number of hydrogen-bond donors (Lipinski definition) is 1. The molecule has 3 heterocycles. The van der Waals surface area contributed by atoms with Crippen LogP contribution in [0.2, 0.25) is 5.02 Å². The smallest absolute Gasteiger partial charge is 0.310 e. The Hall–Kier alpha value is -1.55. The molecule has 2 amide bonds.